The van der Waals surface area contributed by atoms with E-state index >= 15 is 0 Å². The zero-order valence-corrected chi connectivity index (χ0v) is 13.4. The van der Waals surface area contributed by atoms with Crippen molar-refractivity contribution in [3.8, 4) is 0 Å². The summed E-state index contributed by atoms with van der Waals surface area (Å²) in [7, 11) is 0. The fraction of sp³-hybridized carbons (Fsp3) is 0.412. The molecule has 1 aliphatic rings. The number of ether oxygens (including phenoxy) is 1. The molecular formula is C17H22N2O3. The summed E-state index contributed by atoms with van der Waals surface area (Å²) in [5.41, 5.74) is 3.01. The SMILES string of the molecule is CCOC(=O)C1=C(C)NC(=O)NC1c1cccc(C(C)C)c1. The highest BCUT2D eigenvalue weighted by atomic mass is 16.5. The molecule has 1 aromatic rings. The molecule has 5 heteroatoms. The normalized spacial score (nSPS) is 18.0. The van der Waals surface area contributed by atoms with Crippen molar-refractivity contribution in [1.29, 1.82) is 0 Å². The molecule has 2 N–H and O–H groups in total. The van der Waals surface area contributed by atoms with Gasteiger partial charge in [0.05, 0.1) is 18.2 Å². The molecule has 2 amide bonds. The quantitative estimate of drug-likeness (QED) is 0.840. The molecule has 0 spiro atoms. The first-order chi connectivity index (χ1) is 10.4. The molecule has 0 aliphatic carbocycles. The number of hydrogen-bond acceptors (Lipinski definition) is 3. The van der Waals surface area contributed by atoms with Gasteiger partial charge in [-0.25, -0.2) is 9.59 Å². The van der Waals surface area contributed by atoms with E-state index in [1.54, 1.807) is 13.8 Å². The van der Waals surface area contributed by atoms with E-state index in [1.165, 1.54) is 0 Å². The van der Waals surface area contributed by atoms with E-state index in [0.717, 1.165) is 11.1 Å². The molecule has 1 unspecified atom stereocenters. The summed E-state index contributed by atoms with van der Waals surface area (Å²) in [4.78, 5) is 24.0. The van der Waals surface area contributed by atoms with Crippen LogP contribution in [0.3, 0.4) is 0 Å². The van der Waals surface area contributed by atoms with Crippen molar-refractivity contribution in [2.45, 2.75) is 39.7 Å². The van der Waals surface area contributed by atoms with Crippen molar-refractivity contribution in [3.05, 3.63) is 46.7 Å². The second-order valence-corrected chi connectivity index (χ2v) is 5.62. The van der Waals surface area contributed by atoms with Crippen molar-refractivity contribution in [3.63, 3.8) is 0 Å². The molecule has 0 fully saturated rings. The van der Waals surface area contributed by atoms with Gasteiger partial charge in [0.1, 0.15) is 0 Å². The van der Waals surface area contributed by atoms with E-state index in [9.17, 15) is 9.59 Å². The molecule has 1 aromatic carbocycles. The van der Waals surface area contributed by atoms with Gasteiger partial charge in [0.25, 0.3) is 0 Å². The van der Waals surface area contributed by atoms with Gasteiger partial charge in [0, 0.05) is 5.70 Å². The van der Waals surface area contributed by atoms with E-state index in [1.807, 2.05) is 24.3 Å². The van der Waals surface area contributed by atoms with Gasteiger partial charge < -0.3 is 15.4 Å². The Morgan fingerprint density at radius 1 is 1.36 bits per heavy atom. The minimum Gasteiger partial charge on any atom is -0.463 e. The second-order valence-electron chi connectivity index (χ2n) is 5.62. The van der Waals surface area contributed by atoms with Crippen molar-refractivity contribution < 1.29 is 14.3 Å². The second kappa shape index (κ2) is 6.64. The minimum atomic E-state index is -0.494. The van der Waals surface area contributed by atoms with E-state index in [-0.39, 0.29) is 6.03 Å². The molecule has 5 nitrogen and oxygen atoms in total. The third-order valence-electron chi connectivity index (χ3n) is 3.68. The van der Waals surface area contributed by atoms with Crippen molar-refractivity contribution in [2.24, 2.45) is 0 Å². The molecule has 0 aromatic heterocycles. The fourth-order valence-corrected chi connectivity index (χ4v) is 2.52. The summed E-state index contributed by atoms with van der Waals surface area (Å²) in [5.74, 6) is -0.0408. The first-order valence-electron chi connectivity index (χ1n) is 7.49. The number of rotatable bonds is 4. The predicted molar refractivity (Wildman–Crippen MR) is 84.3 cm³/mol. The lowest BCUT2D eigenvalue weighted by Gasteiger charge is -2.28. The Balaban J connectivity index is 2.45. The summed E-state index contributed by atoms with van der Waals surface area (Å²) in [6, 6.07) is 7.11. The van der Waals surface area contributed by atoms with Crippen LogP contribution in [0.2, 0.25) is 0 Å². The van der Waals surface area contributed by atoms with E-state index in [2.05, 4.69) is 24.5 Å². The highest BCUT2D eigenvalue weighted by Crippen LogP contribution is 2.29. The lowest BCUT2D eigenvalue weighted by atomic mass is 9.92. The lowest BCUT2D eigenvalue weighted by molar-refractivity contribution is -0.139. The van der Waals surface area contributed by atoms with Crippen LogP contribution in [0.4, 0.5) is 4.79 Å². The van der Waals surface area contributed by atoms with Gasteiger partial charge in [-0.2, -0.15) is 0 Å². The Kier molecular flexibility index (Phi) is 4.85. The first kappa shape index (κ1) is 16.1. The summed E-state index contributed by atoms with van der Waals surface area (Å²) in [6.07, 6.45) is 0. The van der Waals surface area contributed by atoms with Crippen LogP contribution in [-0.2, 0) is 9.53 Å². The van der Waals surface area contributed by atoms with Crippen LogP contribution in [0.25, 0.3) is 0 Å². The van der Waals surface area contributed by atoms with Crippen molar-refractivity contribution >= 4 is 12.0 Å². The first-order valence-corrected chi connectivity index (χ1v) is 7.49. The highest BCUT2D eigenvalue weighted by molar-refractivity contribution is 5.95. The van der Waals surface area contributed by atoms with Gasteiger partial charge in [0.2, 0.25) is 0 Å². The summed E-state index contributed by atoms with van der Waals surface area (Å²) in [6.45, 7) is 7.98. The Morgan fingerprint density at radius 2 is 2.09 bits per heavy atom. The van der Waals surface area contributed by atoms with Crippen molar-refractivity contribution in [1.82, 2.24) is 10.6 Å². The Bertz CT molecular complexity index is 620. The highest BCUT2D eigenvalue weighted by Gasteiger charge is 2.32. The molecule has 2 rings (SSSR count). The Morgan fingerprint density at radius 3 is 2.73 bits per heavy atom. The fourth-order valence-electron chi connectivity index (χ4n) is 2.52. The number of nitrogens with one attached hydrogen (secondary N) is 2. The average molecular weight is 302 g/mol. The van der Waals surface area contributed by atoms with Crippen molar-refractivity contribution in [2.75, 3.05) is 6.61 Å². The third kappa shape index (κ3) is 3.30. The predicted octanol–water partition coefficient (Wildman–Crippen LogP) is 3.00. The number of carbonyl (C=O) groups is 2. The van der Waals surface area contributed by atoms with Crippen LogP contribution in [0.1, 0.15) is 50.8 Å². The average Bonchev–Trinajstić information content (AvgIpc) is 2.46. The monoisotopic (exact) mass is 302 g/mol. The molecule has 0 radical (unpaired) electrons. The van der Waals surface area contributed by atoms with E-state index in [4.69, 9.17) is 4.74 Å². The standard InChI is InChI=1S/C17H22N2O3/c1-5-22-16(20)14-11(4)18-17(21)19-15(14)13-8-6-7-12(9-13)10(2)3/h6-10,15H,5H2,1-4H3,(H2,18,19,21). The van der Waals surface area contributed by atoms with Gasteiger partial charge in [0.15, 0.2) is 0 Å². The minimum absolute atomic E-state index is 0.294. The zero-order valence-electron chi connectivity index (χ0n) is 13.4. The molecule has 22 heavy (non-hydrogen) atoms. The Hall–Kier alpha value is -2.30. The maximum atomic E-state index is 12.2. The van der Waals surface area contributed by atoms with Gasteiger partial charge >= 0.3 is 12.0 Å². The number of hydrogen-bond donors (Lipinski definition) is 2. The molecule has 118 valence electrons. The lowest BCUT2D eigenvalue weighted by Crippen LogP contribution is -2.45. The van der Waals surface area contributed by atoms with Crippen LogP contribution in [0.15, 0.2) is 35.5 Å². The largest absolute Gasteiger partial charge is 0.463 e. The number of esters is 1. The molecule has 0 saturated heterocycles. The van der Waals surface area contributed by atoms with Gasteiger partial charge in [-0.05, 0) is 30.9 Å². The number of benzene rings is 1. The molecule has 1 atom stereocenters. The number of amides is 2. The van der Waals surface area contributed by atoms with Crippen LogP contribution in [0, 0.1) is 0 Å². The third-order valence-corrected chi connectivity index (χ3v) is 3.68. The van der Waals surface area contributed by atoms with Gasteiger partial charge in [-0.1, -0.05) is 38.1 Å². The maximum Gasteiger partial charge on any atom is 0.338 e. The van der Waals surface area contributed by atoms with Crippen LogP contribution in [0.5, 0.6) is 0 Å². The molecular weight excluding hydrogens is 280 g/mol. The van der Waals surface area contributed by atoms with Gasteiger partial charge in [-0.15, -0.1) is 0 Å². The number of carbonyl (C=O) groups excluding carboxylic acids is 2. The number of urea groups is 1. The van der Waals surface area contributed by atoms with Gasteiger partial charge in [-0.3, -0.25) is 0 Å². The zero-order chi connectivity index (χ0) is 16.3. The molecule has 0 saturated carbocycles. The van der Waals surface area contributed by atoms with E-state index in [0.29, 0.717) is 23.8 Å². The summed E-state index contributed by atoms with van der Waals surface area (Å²) >= 11 is 0. The smallest absolute Gasteiger partial charge is 0.338 e. The summed E-state index contributed by atoms with van der Waals surface area (Å²) in [5, 5.41) is 5.44. The Labute approximate surface area is 130 Å². The molecule has 1 aliphatic heterocycles. The van der Waals surface area contributed by atoms with Crippen LogP contribution >= 0.6 is 0 Å². The molecule has 0 bridgehead atoms. The topological polar surface area (TPSA) is 67.4 Å². The van der Waals surface area contributed by atoms with Crippen LogP contribution < -0.4 is 10.6 Å². The van der Waals surface area contributed by atoms with Crippen LogP contribution in [-0.4, -0.2) is 18.6 Å². The number of allylic oxidation sites excluding steroid dienone is 1. The molecule has 1 heterocycles. The maximum absolute atomic E-state index is 12.2. The van der Waals surface area contributed by atoms with E-state index < -0.39 is 12.0 Å². The summed E-state index contributed by atoms with van der Waals surface area (Å²) < 4.78 is 5.13.